The third-order valence-corrected chi connectivity index (χ3v) is 6.60. The third kappa shape index (κ3) is 2.88. The molecule has 130 valence electrons. The van der Waals surface area contributed by atoms with E-state index in [2.05, 4.69) is 41.7 Å². The van der Waals surface area contributed by atoms with Crippen LogP contribution in [0.25, 0.3) is 5.70 Å². The Balaban J connectivity index is 1.63. The Morgan fingerprint density at radius 2 is 2.25 bits per heavy atom. The maximum Gasteiger partial charge on any atom is 0.0752 e. The van der Waals surface area contributed by atoms with Crippen LogP contribution in [0.3, 0.4) is 0 Å². The molecule has 1 aliphatic heterocycles. The van der Waals surface area contributed by atoms with Crippen LogP contribution in [0.2, 0.25) is 0 Å². The summed E-state index contributed by atoms with van der Waals surface area (Å²) in [4.78, 5) is 3.74. The highest BCUT2D eigenvalue weighted by atomic mass is 32.1. The lowest BCUT2D eigenvalue weighted by Gasteiger charge is -2.64. The van der Waals surface area contributed by atoms with Gasteiger partial charge in [0.1, 0.15) is 0 Å². The lowest BCUT2D eigenvalue weighted by atomic mass is 9.57. The van der Waals surface area contributed by atoms with Crippen molar-refractivity contribution in [3.8, 4) is 0 Å². The van der Waals surface area contributed by atoms with Crippen molar-refractivity contribution in [2.45, 2.75) is 52.1 Å². The number of nitrogens with two attached hydrogens (primary N) is 1. The fourth-order valence-electron chi connectivity index (χ4n) is 3.94. The molecule has 24 heavy (non-hydrogen) atoms. The zero-order valence-electron chi connectivity index (χ0n) is 14.9. The fourth-order valence-corrected chi connectivity index (χ4v) is 4.77. The molecule has 1 spiro atoms. The van der Waals surface area contributed by atoms with Gasteiger partial charge in [0, 0.05) is 51.4 Å². The molecule has 1 atom stereocenters. The van der Waals surface area contributed by atoms with Crippen molar-refractivity contribution in [1.29, 1.82) is 0 Å². The summed E-state index contributed by atoms with van der Waals surface area (Å²) < 4.78 is 0. The Hall–Kier alpha value is -1.68. The van der Waals surface area contributed by atoms with Crippen LogP contribution in [-0.2, 0) is 6.54 Å². The van der Waals surface area contributed by atoms with E-state index < -0.39 is 0 Å². The molecule has 2 aliphatic rings. The quantitative estimate of drug-likeness (QED) is 0.768. The van der Waals surface area contributed by atoms with Gasteiger partial charge in [-0.25, -0.2) is 0 Å². The van der Waals surface area contributed by atoms with Crippen LogP contribution < -0.4 is 11.1 Å². The highest BCUT2D eigenvalue weighted by Gasteiger charge is 2.56. The number of hydrogen-bond acceptors (Lipinski definition) is 4. The zero-order chi connectivity index (χ0) is 17.3. The number of nitrogens with zero attached hydrogens (tertiary/aromatic N) is 1. The van der Waals surface area contributed by atoms with Crippen LogP contribution in [0.1, 0.15) is 50.0 Å². The van der Waals surface area contributed by atoms with E-state index >= 15 is 0 Å². The first-order chi connectivity index (χ1) is 11.5. The average Bonchev–Trinajstić information content (AvgIpc) is 2.98. The van der Waals surface area contributed by atoms with Crippen LogP contribution in [0.5, 0.6) is 0 Å². The summed E-state index contributed by atoms with van der Waals surface area (Å²) in [5, 5.41) is 5.70. The van der Waals surface area contributed by atoms with Crippen molar-refractivity contribution in [2.24, 2.45) is 11.1 Å². The minimum absolute atomic E-state index is 0.415. The minimum Gasteiger partial charge on any atom is -0.398 e. The number of hydrogen-bond donors (Lipinski definition) is 2. The lowest BCUT2D eigenvalue weighted by Crippen LogP contribution is -2.68. The van der Waals surface area contributed by atoms with Gasteiger partial charge in [0.2, 0.25) is 0 Å². The Bertz CT molecular complexity index is 666. The number of likely N-dealkylation sites (tertiary alicyclic amines) is 1. The van der Waals surface area contributed by atoms with Crippen LogP contribution in [0, 0.1) is 5.41 Å². The Morgan fingerprint density at radius 1 is 1.50 bits per heavy atom. The van der Waals surface area contributed by atoms with Crippen molar-refractivity contribution in [1.82, 2.24) is 10.2 Å². The number of allylic oxidation sites excluding steroid dienone is 2. The van der Waals surface area contributed by atoms with Gasteiger partial charge in [-0.1, -0.05) is 32.6 Å². The van der Waals surface area contributed by atoms with E-state index in [9.17, 15) is 0 Å². The van der Waals surface area contributed by atoms with Gasteiger partial charge in [-0.05, 0) is 32.3 Å². The molecule has 2 fully saturated rings. The van der Waals surface area contributed by atoms with Crippen LogP contribution >= 0.6 is 11.3 Å². The SMILES string of the molecule is C=C(NCc1cc(/C(N)=C/C)cs1)C1N(C(=C)CC)CC12CCC2. The van der Waals surface area contributed by atoms with Gasteiger partial charge in [0.25, 0.3) is 0 Å². The summed E-state index contributed by atoms with van der Waals surface area (Å²) in [5.74, 6) is 0. The molecule has 1 aliphatic carbocycles. The topological polar surface area (TPSA) is 41.3 Å². The van der Waals surface area contributed by atoms with Crippen molar-refractivity contribution in [3.63, 3.8) is 0 Å². The Morgan fingerprint density at radius 3 is 2.83 bits per heavy atom. The van der Waals surface area contributed by atoms with Gasteiger partial charge in [-0.3, -0.25) is 0 Å². The fraction of sp³-hybridized carbons (Fsp3) is 0.500. The first-order valence-corrected chi connectivity index (χ1v) is 9.75. The Kier molecular flexibility index (Phi) is 4.77. The molecule has 1 saturated heterocycles. The van der Waals surface area contributed by atoms with E-state index in [1.54, 1.807) is 11.3 Å². The molecule has 3 rings (SSSR count). The molecule has 1 unspecified atom stereocenters. The van der Waals surface area contributed by atoms with E-state index in [0.717, 1.165) is 36.5 Å². The first-order valence-electron chi connectivity index (χ1n) is 8.87. The summed E-state index contributed by atoms with van der Waals surface area (Å²) in [6, 6.07) is 2.59. The monoisotopic (exact) mass is 343 g/mol. The molecule has 0 bridgehead atoms. The van der Waals surface area contributed by atoms with Gasteiger partial charge < -0.3 is 16.0 Å². The van der Waals surface area contributed by atoms with Gasteiger partial charge in [-0.15, -0.1) is 11.3 Å². The predicted octanol–water partition coefficient (Wildman–Crippen LogP) is 4.45. The van der Waals surface area contributed by atoms with Crippen molar-refractivity contribution in [3.05, 3.63) is 52.5 Å². The van der Waals surface area contributed by atoms with Gasteiger partial charge >= 0.3 is 0 Å². The normalized spacial score (nSPS) is 22.0. The highest BCUT2D eigenvalue weighted by molar-refractivity contribution is 7.10. The summed E-state index contributed by atoms with van der Waals surface area (Å²) in [7, 11) is 0. The largest absolute Gasteiger partial charge is 0.398 e. The van der Waals surface area contributed by atoms with E-state index in [0.29, 0.717) is 11.5 Å². The van der Waals surface area contributed by atoms with Crippen molar-refractivity contribution >= 4 is 17.0 Å². The molecule has 3 nitrogen and oxygen atoms in total. The molecular formula is C20H29N3S. The molecule has 3 N–H and O–H groups in total. The van der Waals surface area contributed by atoms with Crippen LogP contribution in [0.15, 0.2) is 42.1 Å². The average molecular weight is 344 g/mol. The molecular weight excluding hydrogens is 314 g/mol. The van der Waals surface area contributed by atoms with Crippen molar-refractivity contribution < 1.29 is 0 Å². The first kappa shape index (κ1) is 17.2. The molecule has 1 aromatic rings. The third-order valence-electron chi connectivity index (χ3n) is 5.66. The maximum absolute atomic E-state index is 5.98. The standard InChI is InChI=1S/C20H29N3S/c1-5-14(3)23-13-20(8-7-9-20)19(23)15(4)22-11-17-10-16(12-24-17)18(21)6-2/h6,10,12,19,22H,3-5,7-9,11,13,21H2,1-2H3/b18-6-. The van der Waals surface area contributed by atoms with Gasteiger partial charge in [-0.2, -0.15) is 0 Å². The molecule has 4 heteroatoms. The molecule has 2 heterocycles. The van der Waals surface area contributed by atoms with Crippen LogP contribution in [0.4, 0.5) is 0 Å². The summed E-state index contributed by atoms with van der Waals surface area (Å²) in [6.45, 7) is 14.7. The summed E-state index contributed by atoms with van der Waals surface area (Å²) in [5.41, 5.74) is 10.8. The number of thiophene rings is 1. The predicted molar refractivity (Wildman–Crippen MR) is 104 cm³/mol. The van der Waals surface area contributed by atoms with E-state index in [-0.39, 0.29) is 0 Å². The van der Waals surface area contributed by atoms with Crippen molar-refractivity contribution in [2.75, 3.05) is 6.54 Å². The minimum atomic E-state index is 0.415. The Labute approximate surface area is 149 Å². The molecule has 1 saturated carbocycles. The van der Waals surface area contributed by atoms with Gasteiger partial charge in [0.15, 0.2) is 0 Å². The van der Waals surface area contributed by atoms with Crippen LogP contribution in [-0.4, -0.2) is 17.5 Å². The van der Waals surface area contributed by atoms with E-state index in [1.165, 1.54) is 29.8 Å². The molecule has 1 aromatic heterocycles. The van der Waals surface area contributed by atoms with E-state index in [1.807, 2.05) is 13.0 Å². The zero-order valence-corrected chi connectivity index (χ0v) is 15.7. The smallest absolute Gasteiger partial charge is 0.0752 e. The second-order valence-corrected chi connectivity index (χ2v) is 8.09. The second kappa shape index (κ2) is 6.67. The molecule has 0 aromatic carbocycles. The summed E-state index contributed by atoms with van der Waals surface area (Å²) >= 11 is 1.75. The highest BCUT2D eigenvalue weighted by Crippen LogP contribution is 2.56. The lowest BCUT2D eigenvalue weighted by molar-refractivity contribution is -0.0905. The number of rotatable bonds is 7. The number of nitrogens with one attached hydrogen (secondary N) is 1. The molecule has 0 radical (unpaired) electrons. The summed E-state index contributed by atoms with van der Waals surface area (Å²) in [6.07, 6.45) is 6.96. The van der Waals surface area contributed by atoms with Gasteiger partial charge in [0.05, 0.1) is 6.04 Å². The molecule has 0 amide bonds. The second-order valence-electron chi connectivity index (χ2n) is 7.09. The van der Waals surface area contributed by atoms with E-state index in [4.69, 9.17) is 5.73 Å². The maximum atomic E-state index is 5.98.